The van der Waals surface area contributed by atoms with Crippen LogP contribution in [0.15, 0.2) is 36.4 Å². The number of hydrogen-bond acceptors (Lipinski definition) is 2. The first-order valence-electron chi connectivity index (χ1n) is 5.58. The maximum absolute atomic E-state index is 12.9. The van der Waals surface area contributed by atoms with Gasteiger partial charge < -0.3 is 5.32 Å². The standard InChI is InChI=1S/C13H7Cl2F3N2O/c14-8-4-1-3-7(13(16,17)18)11(8)20-12(21)9-5-2-6-10(15)19-9/h1-6H,(H,20,21). The third kappa shape index (κ3) is 3.65. The number of alkyl halides is 3. The number of anilines is 1. The minimum atomic E-state index is -4.64. The van der Waals surface area contributed by atoms with Crippen molar-refractivity contribution in [2.75, 3.05) is 5.32 Å². The Balaban J connectivity index is 2.38. The minimum Gasteiger partial charge on any atom is -0.319 e. The second-order valence-electron chi connectivity index (χ2n) is 3.96. The van der Waals surface area contributed by atoms with Gasteiger partial charge in [0.15, 0.2) is 0 Å². The van der Waals surface area contributed by atoms with Crippen LogP contribution in [0.25, 0.3) is 0 Å². The van der Waals surface area contributed by atoms with Gasteiger partial charge in [-0.2, -0.15) is 13.2 Å². The van der Waals surface area contributed by atoms with Crippen LogP contribution in [0.3, 0.4) is 0 Å². The smallest absolute Gasteiger partial charge is 0.319 e. The molecule has 0 aliphatic rings. The first kappa shape index (κ1) is 15.6. The normalized spacial score (nSPS) is 11.3. The van der Waals surface area contributed by atoms with Gasteiger partial charge in [0, 0.05) is 0 Å². The first-order chi connectivity index (χ1) is 9.79. The van der Waals surface area contributed by atoms with Crippen LogP contribution >= 0.6 is 23.2 Å². The molecule has 0 radical (unpaired) electrons. The maximum atomic E-state index is 12.9. The molecule has 8 heteroatoms. The van der Waals surface area contributed by atoms with Gasteiger partial charge in [-0.25, -0.2) is 4.98 Å². The molecule has 1 amide bonds. The fourth-order valence-electron chi connectivity index (χ4n) is 1.60. The number of benzene rings is 1. The number of carbonyl (C=O) groups is 1. The van der Waals surface area contributed by atoms with Crippen LogP contribution in [-0.4, -0.2) is 10.9 Å². The van der Waals surface area contributed by atoms with Gasteiger partial charge in [-0.15, -0.1) is 0 Å². The zero-order chi connectivity index (χ0) is 15.6. The number of amides is 1. The van der Waals surface area contributed by atoms with Crippen molar-refractivity contribution in [3.63, 3.8) is 0 Å². The lowest BCUT2D eigenvalue weighted by molar-refractivity contribution is -0.136. The van der Waals surface area contributed by atoms with Crippen LogP contribution in [0.5, 0.6) is 0 Å². The van der Waals surface area contributed by atoms with Crippen LogP contribution < -0.4 is 5.32 Å². The Kier molecular flexibility index (Phi) is 4.39. The van der Waals surface area contributed by atoms with E-state index in [4.69, 9.17) is 23.2 Å². The van der Waals surface area contributed by atoms with Crippen molar-refractivity contribution in [1.29, 1.82) is 0 Å². The molecule has 0 atom stereocenters. The predicted octanol–water partition coefficient (Wildman–Crippen LogP) is 4.66. The van der Waals surface area contributed by atoms with Crippen LogP contribution in [-0.2, 0) is 6.18 Å². The molecule has 0 bridgehead atoms. The highest BCUT2D eigenvalue weighted by Gasteiger charge is 2.34. The SMILES string of the molecule is O=C(Nc1c(Cl)cccc1C(F)(F)F)c1cccc(Cl)n1. The van der Waals surface area contributed by atoms with Crippen molar-refractivity contribution in [3.8, 4) is 0 Å². The Morgan fingerprint density at radius 1 is 1.10 bits per heavy atom. The number of para-hydroxylation sites is 1. The third-order valence-corrected chi connectivity index (χ3v) is 3.03. The van der Waals surface area contributed by atoms with E-state index < -0.39 is 23.3 Å². The van der Waals surface area contributed by atoms with E-state index in [0.29, 0.717) is 0 Å². The topological polar surface area (TPSA) is 42.0 Å². The molecule has 110 valence electrons. The number of nitrogens with zero attached hydrogens (tertiary/aromatic N) is 1. The van der Waals surface area contributed by atoms with Crippen molar-refractivity contribution in [3.05, 3.63) is 57.8 Å². The Morgan fingerprint density at radius 2 is 1.76 bits per heavy atom. The summed E-state index contributed by atoms with van der Waals surface area (Å²) in [4.78, 5) is 15.7. The van der Waals surface area contributed by atoms with E-state index in [1.807, 2.05) is 0 Å². The van der Waals surface area contributed by atoms with Crippen molar-refractivity contribution < 1.29 is 18.0 Å². The van der Waals surface area contributed by atoms with Crippen LogP contribution in [0.4, 0.5) is 18.9 Å². The summed E-state index contributed by atoms with van der Waals surface area (Å²) in [6, 6.07) is 7.45. The van der Waals surface area contributed by atoms with Crippen molar-refractivity contribution in [2.24, 2.45) is 0 Å². The van der Waals surface area contributed by atoms with Gasteiger partial charge in [0.05, 0.1) is 16.3 Å². The lowest BCUT2D eigenvalue weighted by atomic mass is 10.1. The average molecular weight is 335 g/mol. The summed E-state index contributed by atoms with van der Waals surface area (Å²) in [5.41, 5.74) is -1.67. The molecular formula is C13H7Cl2F3N2O. The molecule has 1 N–H and O–H groups in total. The zero-order valence-corrected chi connectivity index (χ0v) is 11.7. The highest BCUT2D eigenvalue weighted by Crippen LogP contribution is 2.38. The lowest BCUT2D eigenvalue weighted by Crippen LogP contribution is -2.18. The minimum absolute atomic E-state index is 0.0536. The van der Waals surface area contributed by atoms with Crippen LogP contribution in [0.1, 0.15) is 16.1 Å². The Labute approximate surface area is 127 Å². The van der Waals surface area contributed by atoms with E-state index in [2.05, 4.69) is 10.3 Å². The average Bonchev–Trinajstić information content (AvgIpc) is 2.39. The quantitative estimate of drug-likeness (QED) is 0.811. The number of aromatic nitrogens is 1. The van der Waals surface area contributed by atoms with Gasteiger partial charge in [0.2, 0.25) is 0 Å². The molecule has 0 aliphatic heterocycles. The van der Waals surface area contributed by atoms with Crippen LogP contribution in [0.2, 0.25) is 10.2 Å². The largest absolute Gasteiger partial charge is 0.418 e. The molecule has 0 spiro atoms. The number of pyridine rings is 1. The highest BCUT2D eigenvalue weighted by molar-refractivity contribution is 6.34. The molecule has 0 fully saturated rings. The van der Waals surface area contributed by atoms with Gasteiger partial charge in [-0.05, 0) is 24.3 Å². The zero-order valence-electron chi connectivity index (χ0n) is 10.2. The number of hydrogen-bond donors (Lipinski definition) is 1. The second-order valence-corrected chi connectivity index (χ2v) is 4.75. The molecule has 2 rings (SSSR count). The molecule has 0 aliphatic carbocycles. The van der Waals surface area contributed by atoms with E-state index in [1.165, 1.54) is 24.3 Å². The Bertz CT molecular complexity index is 689. The van der Waals surface area contributed by atoms with Crippen molar-refractivity contribution in [2.45, 2.75) is 6.18 Å². The molecule has 2 aromatic rings. The number of rotatable bonds is 2. The van der Waals surface area contributed by atoms with Gasteiger partial charge >= 0.3 is 6.18 Å². The molecule has 0 saturated heterocycles. The van der Waals surface area contributed by atoms with Crippen molar-refractivity contribution in [1.82, 2.24) is 4.98 Å². The summed E-state index contributed by atoms with van der Waals surface area (Å²) in [6.07, 6.45) is -4.64. The summed E-state index contributed by atoms with van der Waals surface area (Å²) in [7, 11) is 0. The van der Waals surface area contributed by atoms with Gasteiger partial charge in [-0.1, -0.05) is 35.3 Å². The highest BCUT2D eigenvalue weighted by atomic mass is 35.5. The van der Waals surface area contributed by atoms with Crippen molar-refractivity contribution >= 4 is 34.8 Å². The molecular weight excluding hydrogens is 328 g/mol. The molecule has 3 nitrogen and oxygen atoms in total. The van der Waals surface area contributed by atoms with E-state index in [9.17, 15) is 18.0 Å². The summed E-state index contributed by atoms with van der Waals surface area (Å²) in [5, 5.41) is 1.95. The van der Waals surface area contributed by atoms with Gasteiger partial charge in [-0.3, -0.25) is 4.79 Å². The summed E-state index contributed by atoms with van der Waals surface area (Å²) in [6.45, 7) is 0. The number of carbonyl (C=O) groups excluding carboxylic acids is 1. The van der Waals surface area contributed by atoms with E-state index in [0.717, 1.165) is 12.1 Å². The predicted molar refractivity (Wildman–Crippen MR) is 73.7 cm³/mol. The fourth-order valence-corrected chi connectivity index (χ4v) is 1.99. The van der Waals surface area contributed by atoms with E-state index >= 15 is 0 Å². The summed E-state index contributed by atoms with van der Waals surface area (Å²) in [5.74, 6) is -0.837. The monoisotopic (exact) mass is 334 g/mol. The molecule has 21 heavy (non-hydrogen) atoms. The van der Waals surface area contributed by atoms with E-state index in [-0.39, 0.29) is 15.9 Å². The van der Waals surface area contributed by atoms with Crippen LogP contribution in [0, 0.1) is 0 Å². The van der Waals surface area contributed by atoms with E-state index in [1.54, 1.807) is 0 Å². The number of halogens is 5. The third-order valence-electron chi connectivity index (χ3n) is 2.51. The summed E-state index contributed by atoms with van der Waals surface area (Å²) < 4.78 is 38.7. The molecule has 1 heterocycles. The maximum Gasteiger partial charge on any atom is 0.418 e. The molecule has 0 unspecified atom stereocenters. The second kappa shape index (κ2) is 5.91. The lowest BCUT2D eigenvalue weighted by Gasteiger charge is -2.14. The Morgan fingerprint density at radius 3 is 2.38 bits per heavy atom. The molecule has 0 saturated carbocycles. The first-order valence-corrected chi connectivity index (χ1v) is 6.34. The molecule has 1 aromatic carbocycles. The summed E-state index contributed by atoms with van der Waals surface area (Å²) >= 11 is 11.4. The molecule has 1 aromatic heterocycles. The number of nitrogens with one attached hydrogen (secondary N) is 1. The Hall–Kier alpha value is -1.79. The fraction of sp³-hybridized carbons (Fsp3) is 0.0769. The van der Waals surface area contributed by atoms with Gasteiger partial charge in [0.25, 0.3) is 5.91 Å². The van der Waals surface area contributed by atoms with Gasteiger partial charge in [0.1, 0.15) is 10.8 Å².